The lowest BCUT2D eigenvalue weighted by Crippen LogP contribution is -2.37. The first-order chi connectivity index (χ1) is 16.7. The molecule has 3 atom stereocenters. The van der Waals surface area contributed by atoms with Crippen molar-refractivity contribution in [2.24, 2.45) is 5.92 Å². The zero-order valence-electron chi connectivity index (χ0n) is 19.9. The summed E-state index contributed by atoms with van der Waals surface area (Å²) >= 11 is 0. The Labute approximate surface area is 205 Å². The average Bonchev–Trinajstić information content (AvgIpc) is 3.06. The molecule has 35 heavy (non-hydrogen) atoms. The molecule has 2 N–H and O–H groups in total. The molecule has 2 aromatic rings. The molecule has 1 aliphatic rings. The van der Waals surface area contributed by atoms with Crippen LogP contribution >= 0.6 is 0 Å². The standard InChI is InChI=1S/C28H33F2NO4/c1-20(8-5-11-21-9-3-2-4-10-21)25(32)16-15-24-19-28(29,30)27(35)31(24)17-7-13-22-12-6-14-23(18-22)26(33)34/h2-4,6,9-10,12,14-16,18,20,24-25,32H,5,7-8,11,13,17,19H2,1H3,(H,33,34)/t20-,24?,25+/m0/s1. The van der Waals surface area contributed by atoms with Crippen molar-refractivity contribution in [2.75, 3.05) is 6.54 Å². The molecule has 188 valence electrons. The van der Waals surface area contributed by atoms with Gasteiger partial charge in [0.05, 0.1) is 17.7 Å². The van der Waals surface area contributed by atoms with Crippen LogP contribution in [0.15, 0.2) is 66.7 Å². The molecule has 3 rings (SSSR count). The van der Waals surface area contributed by atoms with Crippen LogP contribution in [-0.4, -0.2) is 51.6 Å². The van der Waals surface area contributed by atoms with Crippen LogP contribution in [-0.2, 0) is 17.6 Å². The molecule has 1 saturated heterocycles. The second kappa shape index (κ2) is 12.1. The molecule has 1 amide bonds. The van der Waals surface area contributed by atoms with Gasteiger partial charge in [-0.2, -0.15) is 8.78 Å². The largest absolute Gasteiger partial charge is 0.478 e. The summed E-state index contributed by atoms with van der Waals surface area (Å²) in [7, 11) is 0. The highest BCUT2D eigenvalue weighted by Gasteiger charge is 2.52. The maximum Gasteiger partial charge on any atom is 0.335 e. The lowest BCUT2D eigenvalue weighted by Gasteiger charge is -2.22. The molecule has 7 heteroatoms. The van der Waals surface area contributed by atoms with Gasteiger partial charge in [-0.3, -0.25) is 4.79 Å². The lowest BCUT2D eigenvalue weighted by atomic mass is 9.95. The van der Waals surface area contributed by atoms with E-state index in [4.69, 9.17) is 5.11 Å². The second-order valence-electron chi connectivity index (χ2n) is 9.31. The monoisotopic (exact) mass is 485 g/mol. The van der Waals surface area contributed by atoms with Crippen LogP contribution in [0.5, 0.6) is 0 Å². The number of aromatic carboxylic acids is 1. The Hall–Kier alpha value is -3.06. The Balaban J connectivity index is 1.53. The van der Waals surface area contributed by atoms with E-state index in [0.29, 0.717) is 12.8 Å². The number of aliphatic hydroxyl groups is 1. The molecular formula is C28H33F2NO4. The summed E-state index contributed by atoms with van der Waals surface area (Å²) in [5.74, 6) is -5.69. The molecule has 0 aliphatic carbocycles. The highest BCUT2D eigenvalue weighted by molar-refractivity contribution is 5.87. The molecule has 0 spiro atoms. The van der Waals surface area contributed by atoms with Crippen LogP contribution in [0.1, 0.15) is 54.1 Å². The Morgan fingerprint density at radius 3 is 2.51 bits per heavy atom. The fraction of sp³-hybridized carbons (Fsp3) is 0.429. The van der Waals surface area contributed by atoms with Gasteiger partial charge < -0.3 is 15.1 Å². The number of likely N-dealkylation sites (tertiary alicyclic amines) is 1. The molecule has 0 bridgehead atoms. The number of carboxylic acids is 1. The number of aryl methyl sites for hydroxylation is 2. The molecule has 0 radical (unpaired) electrons. The fourth-order valence-corrected chi connectivity index (χ4v) is 4.45. The number of alkyl halides is 2. The van der Waals surface area contributed by atoms with Crippen LogP contribution in [0, 0.1) is 5.92 Å². The van der Waals surface area contributed by atoms with Crippen molar-refractivity contribution in [3.8, 4) is 0 Å². The van der Waals surface area contributed by atoms with Gasteiger partial charge in [0, 0.05) is 13.0 Å². The summed E-state index contributed by atoms with van der Waals surface area (Å²) in [6.45, 7) is 2.06. The Kier molecular flexibility index (Phi) is 9.15. The predicted molar refractivity (Wildman–Crippen MR) is 130 cm³/mol. The quantitative estimate of drug-likeness (QED) is 0.409. The number of amides is 1. The van der Waals surface area contributed by atoms with Gasteiger partial charge in [-0.15, -0.1) is 0 Å². The Morgan fingerprint density at radius 1 is 1.11 bits per heavy atom. The maximum atomic E-state index is 14.2. The normalized spacial score (nSPS) is 19.3. The summed E-state index contributed by atoms with van der Waals surface area (Å²) in [6, 6.07) is 15.8. The average molecular weight is 486 g/mol. The summed E-state index contributed by atoms with van der Waals surface area (Å²) in [5, 5.41) is 19.6. The lowest BCUT2D eigenvalue weighted by molar-refractivity contribution is -0.148. The molecule has 1 heterocycles. The van der Waals surface area contributed by atoms with Gasteiger partial charge in [-0.05, 0) is 61.3 Å². The molecule has 0 saturated carbocycles. The first-order valence-electron chi connectivity index (χ1n) is 12.1. The van der Waals surface area contributed by atoms with Crippen molar-refractivity contribution >= 4 is 11.9 Å². The molecule has 1 fully saturated rings. The van der Waals surface area contributed by atoms with E-state index in [2.05, 4.69) is 12.1 Å². The summed E-state index contributed by atoms with van der Waals surface area (Å²) < 4.78 is 28.4. The number of rotatable bonds is 12. The summed E-state index contributed by atoms with van der Waals surface area (Å²) in [4.78, 5) is 24.6. The maximum absolute atomic E-state index is 14.2. The molecule has 1 aliphatic heterocycles. The number of carbonyl (C=O) groups excluding carboxylic acids is 1. The van der Waals surface area contributed by atoms with Crippen LogP contribution < -0.4 is 0 Å². The van der Waals surface area contributed by atoms with Gasteiger partial charge in [-0.25, -0.2) is 4.79 Å². The summed E-state index contributed by atoms with van der Waals surface area (Å²) in [5.41, 5.74) is 2.18. The highest BCUT2D eigenvalue weighted by Crippen LogP contribution is 2.34. The Morgan fingerprint density at radius 2 is 1.80 bits per heavy atom. The Bertz CT molecular complexity index is 1020. The molecule has 1 unspecified atom stereocenters. The second-order valence-corrected chi connectivity index (χ2v) is 9.31. The first kappa shape index (κ1) is 26.5. The van der Waals surface area contributed by atoms with Crippen molar-refractivity contribution < 1.29 is 28.6 Å². The first-order valence-corrected chi connectivity index (χ1v) is 12.1. The number of hydrogen-bond donors (Lipinski definition) is 2. The van der Waals surface area contributed by atoms with E-state index in [1.54, 1.807) is 18.2 Å². The minimum Gasteiger partial charge on any atom is -0.478 e. The van der Waals surface area contributed by atoms with E-state index >= 15 is 0 Å². The van der Waals surface area contributed by atoms with Gasteiger partial charge in [-0.1, -0.05) is 61.5 Å². The van der Waals surface area contributed by atoms with E-state index in [1.807, 2.05) is 25.1 Å². The van der Waals surface area contributed by atoms with E-state index in [1.165, 1.54) is 28.7 Å². The van der Waals surface area contributed by atoms with Crippen LogP contribution in [0.4, 0.5) is 8.78 Å². The zero-order valence-corrected chi connectivity index (χ0v) is 19.9. The minimum absolute atomic E-state index is 0.0393. The van der Waals surface area contributed by atoms with Crippen molar-refractivity contribution in [3.63, 3.8) is 0 Å². The van der Waals surface area contributed by atoms with E-state index in [9.17, 15) is 23.5 Å². The number of benzene rings is 2. The third-order valence-electron chi connectivity index (χ3n) is 6.56. The predicted octanol–water partition coefficient (Wildman–Crippen LogP) is 5.13. The van der Waals surface area contributed by atoms with E-state index in [-0.39, 0.29) is 18.0 Å². The van der Waals surface area contributed by atoms with Gasteiger partial charge in [0.15, 0.2) is 0 Å². The SMILES string of the molecule is C[C@@H](CCCc1ccccc1)[C@H](O)C=CC1CC(F)(F)C(=O)N1CCCc1cccc(C(=O)O)c1. The van der Waals surface area contributed by atoms with Crippen molar-refractivity contribution in [3.05, 3.63) is 83.4 Å². The van der Waals surface area contributed by atoms with Gasteiger partial charge in [0.1, 0.15) is 0 Å². The highest BCUT2D eigenvalue weighted by atomic mass is 19.3. The van der Waals surface area contributed by atoms with Crippen LogP contribution in [0.3, 0.4) is 0 Å². The van der Waals surface area contributed by atoms with Crippen molar-refractivity contribution in [1.29, 1.82) is 0 Å². The third-order valence-corrected chi connectivity index (χ3v) is 6.56. The topological polar surface area (TPSA) is 77.8 Å². The molecular weight excluding hydrogens is 452 g/mol. The number of carboxylic acid groups (broad SMARTS) is 1. The number of carbonyl (C=O) groups is 2. The number of halogens is 2. The van der Waals surface area contributed by atoms with Gasteiger partial charge >= 0.3 is 11.9 Å². The fourth-order valence-electron chi connectivity index (χ4n) is 4.45. The van der Waals surface area contributed by atoms with Crippen LogP contribution in [0.2, 0.25) is 0 Å². The zero-order chi connectivity index (χ0) is 25.4. The number of hydrogen-bond acceptors (Lipinski definition) is 3. The molecule has 0 aromatic heterocycles. The molecule has 2 aromatic carbocycles. The number of aliphatic hydroxyl groups excluding tert-OH is 1. The van der Waals surface area contributed by atoms with E-state index in [0.717, 1.165) is 24.8 Å². The minimum atomic E-state index is -3.43. The van der Waals surface area contributed by atoms with E-state index < -0.39 is 36.4 Å². The molecule has 5 nitrogen and oxygen atoms in total. The third kappa shape index (κ3) is 7.46. The van der Waals surface area contributed by atoms with Gasteiger partial charge in [0.2, 0.25) is 0 Å². The smallest absolute Gasteiger partial charge is 0.335 e. The number of nitrogens with zero attached hydrogens (tertiary/aromatic N) is 1. The van der Waals surface area contributed by atoms with Crippen molar-refractivity contribution in [1.82, 2.24) is 4.90 Å². The van der Waals surface area contributed by atoms with Crippen LogP contribution in [0.25, 0.3) is 0 Å². The van der Waals surface area contributed by atoms with Crippen molar-refractivity contribution in [2.45, 2.75) is 63.5 Å². The summed E-state index contributed by atoms with van der Waals surface area (Å²) in [6.07, 6.45) is 5.18. The van der Waals surface area contributed by atoms with Gasteiger partial charge in [0.25, 0.3) is 5.91 Å².